The second kappa shape index (κ2) is 6.19. The van der Waals surface area contributed by atoms with E-state index in [2.05, 4.69) is 11.8 Å². The zero-order valence-corrected chi connectivity index (χ0v) is 11.6. The summed E-state index contributed by atoms with van der Waals surface area (Å²) < 4.78 is 0. The van der Waals surface area contributed by atoms with Gasteiger partial charge in [0.2, 0.25) is 0 Å². The lowest BCUT2D eigenvalue weighted by atomic mass is 9.80. The Bertz CT molecular complexity index is 211. The van der Waals surface area contributed by atoms with E-state index in [0.717, 1.165) is 12.5 Å². The van der Waals surface area contributed by atoms with Gasteiger partial charge in [-0.25, -0.2) is 0 Å². The van der Waals surface area contributed by atoms with E-state index in [9.17, 15) is 0 Å². The lowest BCUT2D eigenvalue weighted by Gasteiger charge is -2.47. The summed E-state index contributed by atoms with van der Waals surface area (Å²) in [5.74, 6) is 0.926. The second-order valence-corrected chi connectivity index (χ2v) is 6.37. The monoisotopic (exact) mass is 238 g/mol. The van der Waals surface area contributed by atoms with Crippen molar-refractivity contribution < 1.29 is 0 Å². The highest BCUT2D eigenvalue weighted by molar-refractivity contribution is 4.94. The molecule has 0 atom stereocenters. The Morgan fingerprint density at radius 2 is 1.53 bits per heavy atom. The number of hydrogen-bond donors (Lipinski definition) is 1. The van der Waals surface area contributed by atoms with Gasteiger partial charge in [-0.15, -0.1) is 0 Å². The molecule has 1 saturated carbocycles. The number of piperidine rings is 1. The molecule has 2 heteroatoms. The largest absolute Gasteiger partial charge is 0.329 e. The van der Waals surface area contributed by atoms with Gasteiger partial charge in [-0.05, 0) is 44.7 Å². The van der Waals surface area contributed by atoms with Crippen molar-refractivity contribution in [3.8, 4) is 0 Å². The van der Waals surface area contributed by atoms with Crippen LogP contribution in [-0.2, 0) is 0 Å². The maximum Gasteiger partial charge on any atom is 0.0331 e. The van der Waals surface area contributed by atoms with Gasteiger partial charge in [0.05, 0.1) is 0 Å². The summed E-state index contributed by atoms with van der Waals surface area (Å²) in [4.78, 5) is 2.75. The van der Waals surface area contributed by atoms with E-state index in [0.29, 0.717) is 5.54 Å². The van der Waals surface area contributed by atoms with Crippen LogP contribution in [-0.4, -0.2) is 30.1 Å². The average molecular weight is 238 g/mol. The van der Waals surface area contributed by atoms with E-state index in [1.165, 1.54) is 70.9 Å². The van der Waals surface area contributed by atoms with Gasteiger partial charge >= 0.3 is 0 Å². The van der Waals surface area contributed by atoms with Crippen molar-refractivity contribution in [2.45, 2.75) is 70.3 Å². The maximum atomic E-state index is 6.18. The van der Waals surface area contributed by atoms with Crippen molar-refractivity contribution in [1.82, 2.24) is 4.90 Å². The normalized spacial score (nSPS) is 28.6. The average Bonchev–Trinajstić information content (AvgIpc) is 2.31. The van der Waals surface area contributed by atoms with Crippen molar-refractivity contribution in [3.05, 3.63) is 0 Å². The first kappa shape index (κ1) is 13.4. The zero-order chi connectivity index (χ0) is 12.1. The van der Waals surface area contributed by atoms with Crippen LogP contribution in [0.5, 0.6) is 0 Å². The Hall–Kier alpha value is -0.0800. The lowest BCUT2D eigenvalue weighted by Crippen LogP contribution is -2.56. The molecule has 1 aliphatic heterocycles. The van der Waals surface area contributed by atoms with Crippen LogP contribution in [0.3, 0.4) is 0 Å². The number of likely N-dealkylation sites (tertiary alicyclic amines) is 1. The highest BCUT2D eigenvalue weighted by Crippen LogP contribution is 2.33. The Labute approximate surface area is 107 Å². The summed E-state index contributed by atoms with van der Waals surface area (Å²) in [6.45, 7) is 5.85. The third-order valence-electron chi connectivity index (χ3n) is 5.12. The Morgan fingerprint density at radius 1 is 1.00 bits per heavy atom. The van der Waals surface area contributed by atoms with Crippen LogP contribution >= 0.6 is 0 Å². The maximum absolute atomic E-state index is 6.18. The van der Waals surface area contributed by atoms with E-state index in [4.69, 9.17) is 5.73 Å². The van der Waals surface area contributed by atoms with Crippen LogP contribution in [0.4, 0.5) is 0 Å². The number of rotatable bonds is 2. The summed E-state index contributed by atoms with van der Waals surface area (Å²) in [6, 6.07) is 0. The molecule has 0 spiro atoms. The van der Waals surface area contributed by atoms with Crippen LogP contribution < -0.4 is 5.73 Å². The predicted molar refractivity (Wildman–Crippen MR) is 74.1 cm³/mol. The highest BCUT2D eigenvalue weighted by Gasteiger charge is 2.36. The molecule has 0 aromatic rings. The minimum absolute atomic E-state index is 0.362. The molecule has 17 heavy (non-hydrogen) atoms. The molecule has 0 radical (unpaired) electrons. The van der Waals surface area contributed by atoms with Crippen LogP contribution in [0.25, 0.3) is 0 Å². The van der Waals surface area contributed by atoms with Crippen LogP contribution in [0.15, 0.2) is 0 Å². The van der Waals surface area contributed by atoms with Crippen LogP contribution in [0.2, 0.25) is 0 Å². The van der Waals surface area contributed by atoms with Gasteiger partial charge in [-0.1, -0.05) is 39.0 Å². The predicted octanol–water partition coefficient (Wildman–Crippen LogP) is 3.16. The fourth-order valence-corrected chi connectivity index (χ4v) is 3.70. The quantitative estimate of drug-likeness (QED) is 0.800. The molecular weight excluding hydrogens is 208 g/mol. The molecule has 100 valence electrons. The van der Waals surface area contributed by atoms with E-state index in [1.807, 2.05) is 0 Å². The van der Waals surface area contributed by atoms with Gasteiger partial charge < -0.3 is 5.73 Å². The first-order valence-corrected chi connectivity index (χ1v) is 7.72. The first-order valence-electron chi connectivity index (χ1n) is 7.72. The third kappa shape index (κ3) is 3.23. The summed E-state index contributed by atoms with van der Waals surface area (Å²) in [6.07, 6.45) is 12.5. The van der Waals surface area contributed by atoms with Crippen molar-refractivity contribution in [3.63, 3.8) is 0 Å². The van der Waals surface area contributed by atoms with Gasteiger partial charge in [0, 0.05) is 12.1 Å². The highest BCUT2D eigenvalue weighted by atomic mass is 15.2. The minimum atomic E-state index is 0.362. The molecule has 0 bridgehead atoms. The van der Waals surface area contributed by atoms with E-state index in [1.54, 1.807) is 0 Å². The molecule has 2 rings (SSSR count). The van der Waals surface area contributed by atoms with Gasteiger partial charge in [-0.3, -0.25) is 4.90 Å². The molecule has 2 fully saturated rings. The molecule has 2 N–H and O–H groups in total. The molecule has 1 heterocycles. The molecular formula is C15H30N2. The number of nitrogens with zero attached hydrogens (tertiary/aromatic N) is 1. The van der Waals surface area contributed by atoms with Gasteiger partial charge in [0.15, 0.2) is 0 Å². The SMILES string of the molecule is CC1CCN(C2(CN)CCCCCCC2)CC1. The van der Waals surface area contributed by atoms with Gasteiger partial charge in [0.25, 0.3) is 0 Å². The van der Waals surface area contributed by atoms with Crippen molar-refractivity contribution in [2.24, 2.45) is 11.7 Å². The van der Waals surface area contributed by atoms with Gasteiger partial charge in [0.1, 0.15) is 0 Å². The Kier molecular flexibility index (Phi) is 4.87. The minimum Gasteiger partial charge on any atom is -0.329 e. The molecule has 0 amide bonds. The Balaban J connectivity index is 2.00. The summed E-state index contributed by atoms with van der Waals surface area (Å²) in [7, 11) is 0. The zero-order valence-electron chi connectivity index (χ0n) is 11.6. The van der Waals surface area contributed by atoms with E-state index >= 15 is 0 Å². The molecule has 0 unspecified atom stereocenters. The molecule has 1 saturated heterocycles. The molecule has 1 aliphatic carbocycles. The first-order chi connectivity index (χ1) is 8.27. The van der Waals surface area contributed by atoms with Crippen LogP contribution in [0.1, 0.15) is 64.7 Å². The standard InChI is InChI=1S/C15H30N2/c1-14-7-11-17(12-8-14)15(13-16)9-5-3-2-4-6-10-15/h14H,2-13,16H2,1H3. The number of hydrogen-bond acceptors (Lipinski definition) is 2. The van der Waals surface area contributed by atoms with Crippen molar-refractivity contribution in [1.29, 1.82) is 0 Å². The fourth-order valence-electron chi connectivity index (χ4n) is 3.70. The number of nitrogens with two attached hydrogens (primary N) is 1. The fraction of sp³-hybridized carbons (Fsp3) is 1.00. The molecule has 2 nitrogen and oxygen atoms in total. The van der Waals surface area contributed by atoms with Crippen molar-refractivity contribution in [2.75, 3.05) is 19.6 Å². The topological polar surface area (TPSA) is 29.3 Å². The summed E-state index contributed by atoms with van der Waals surface area (Å²) in [5.41, 5.74) is 6.54. The smallest absolute Gasteiger partial charge is 0.0331 e. The van der Waals surface area contributed by atoms with Crippen molar-refractivity contribution >= 4 is 0 Å². The van der Waals surface area contributed by atoms with Gasteiger partial charge in [-0.2, -0.15) is 0 Å². The Morgan fingerprint density at radius 3 is 2.06 bits per heavy atom. The lowest BCUT2D eigenvalue weighted by molar-refractivity contribution is 0.0369. The van der Waals surface area contributed by atoms with Crippen LogP contribution in [0, 0.1) is 5.92 Å². The summed E-state index contributed by atoms with van der Waals surface area (Å²) in [5, 5.41) is 0. The molecule has 0 aromatic carbocycles. The summed E-state index contributed by atoms with van der Waals surface area (Å²) >= 11 is 0. The second-order valence-electron chi connectivity index (χ2n) is 6.37. The molecule has 2 aliphatic rings. The third-order valence-corrected chi connectivity index (χ3v) is 5.12. The van der Waals surface area contributed by atoms with E-state index in [-0.39, 0.29) is 0 Å². The van der Waals surface area contributed by atoms with E-state index < -0.39 is 0 Å². The molecule has 0 aromatic heterocycles.